The number of halogens is 1. The first-order valence-corrected chi connectivity index (χ1v) is 6.69. The van der Waals surface area contributed by atoms with Crippen LogP contribution in [0.4, 0.5) is 4.39 Å². The summed E-state index contributed by atoms with van der Waals surface area (Å²) in [5.41, 5.74) is 2.20. The van der Waals surface area contributed by atoms with E-state index in [4.69, 9.17) is 0 Å². The van der Waals surface area contributed by atoms with Gasteiger partial charge < -0.3 is 5.32 Å². The van der Waals surface area contributed by atoms with Gasteiger partial charge in [0.1, 0.15) is 5.82 Å². The summed E-state index contributed by atoms with van der Waals surface area (Å²) in [6.45, 7) is 2.72. The van der Waals surface area contributed by atoms with Crippen molar-refractivity contribution in [2.45, 2.75) is 23.3 Å². The molecule has 3 heteroatoms. The van der Waals surface area contributed by atoms with Crippen LogP contribution in [0.1, 0.15) is 11.1 Å². The first kappa shape index (κ1) is 13.1. The van der Waals surface area contributed by atoms with E-state index in [1.807, 2.05) is 44.3 Å². The molecule has 0 aliphatic rings. The molecule has 0 saturated carbocycles. The molecule has 0 atom stereocenters. The molecule has 2 aromatic rings. The summed E-state index contributed by atoms with van der Waals surface area (Å²) < 4.78 is 13.9. The topological polar surface area (TPSA) is 12.0 Å². The van der Waals surface area contributed by atoms with E-state index < -0.39 is 0 Å². The molecule has 1 nitrogen and oxygen atoms in total. The predicted octanol–water partition coefficient (Wildman–Crippen LogP) is 4.00. The fourth-order valence-electron chi connectivity index (χ4n) is 1.72. The minimum Gasteiger partial charge on any atom is -0.316 e. The van der Waals surface area contributed by atoms with Gasteiger partial charge in [-0.15, -0.1) is 0 Å². The molecule has 0 unspecified atom stereocenters. The molecule has 0 fully saturated rings. The maximum atomic E-state index is 13.9. The average Bonchev–Trinajstić information content (AvgIpc) is 2.36. The zero-order valence-electron chi connectivity index (χ0n) is 10.5. The van der Waals surface area contributed by atoms with Gasteiger partial charge in [0.2, 0.25) is 0 Å². The fraction of sp³-hybridized carbons (Fsp3) is 0.200. The molecule has 0 aliphatic heterocycles. The molecule has 1 N–H and O–H groups in total. The van der Waals surface area contributed by atoms with Crippen molar-refractivity contribution >= 4 is 11.8 Å². The van der Waals surface area contributed by atoms with Crippen molar-refractivity contribution in [1.29, 1.82) is 0 Å². The molecule has 0 saturated heterocycles. The van der Waals surface area contributed by atoms with Gasteiger partial charge in [-0.1, -0.05) is 41.6 Å². The van der Waals surface area contributed by atoms with Gasteiger partial charge in [-0.3, -0.25) is 0 Å². The molecule has 2 aromatic carbocycles. The highest BCUT2D eigenvalue weighted by Gasteiger charge is 2.09. The summed E-state index contributed by atoms with van der Waals surface area (Å²) in [7, 11) is 1.87. The van der Waals surface area contributed by atoms with Gasteiger partial charge in [0.05, 0.1) is 4.90 Å². The second-order valence-electron chi connectivity index (χ2n) is 4.17. The molecule has 0 heterocycles. The zero-order chi connectivity index (χ0) is 13.0. The Hall–Kier alpha value is -1.32. The molecule has 18 heavy (non-hydrogen) atoms. The van der Waals surface area contributed by atoms with Crippen LogP contribution in [0.15, 0.2) is 52.3 Å². The van der Waals surface area contributed by atoms with E-state index in [1.165, 1.54) is 23.4 Å². The summed E-state index contributed by atoms with van der Waals surface area (Å²) in [6, 6.07) is 13.3. The quantitative estimate of drug-likeness (QED) is 0.892. The van der Waals surface area contributed by atoms with Crippen LogP contribution in [0, 0.1) is 12.7 Å². The molecule has 0 bridgehead atoms. The van der Waals surface area contributed by atoms with Gasteiger partial charge in [0.15, 0.2) is 0 Å². The van der Waals surface area contributed by atoms with Crippen LogP contribution < -0.4 is 5.32 Å². The minimum atomic E-state index is -0.159. The highest BCUT2D eigenvalue weighted by atomic mass is 32.2. The van der Waals surface area contributed by atoms with Crippen molar-refractivity contribution in [2.75, 3.05) is 7.05 Å². The van der Waals surface area contributed by atoms with Crippen molar-refractivity contribution in [1.82, 2.24) is 5.32 Å². The van der Waals surface area contributed by atoms with Crippen LogP contribution >= 0.6 is 11.8 Å². The number of aryl methyl sites for hydroxylation is 1. The van der Waals surface area contributed by atoms with Crippen LogP contribution in [0.5, 0.6) is 0 Å². The molecule has 0 aliphatic carbocycles. The standard InChI is InChI=1S/C15H16FNS/c1-11-6-8-13(9-7-11)18-15-12(10-17-2)4-3-5-14(15)16/h3-9,17H,10H2,1-2H3. The maximum absolute atomic E-state index is 13.9. The molecule has 0 aromatic heterocycles. The molecule has 2 rings (SSSR count). The third kappa shape index (κ3) is 3.12. The number of hydrogen-bond donors (Lipinski definition) is 1. The summed E-state index contributed by atoms with van der Waals surface area (Å²) in [5.74, 6) is -0.159. The van der Waals surface area contributed by atoms with Gasteiger partial charge in [-0.25, -0.2) is 4.39 Å². The predicted molar refractivity (Wildman–Crippen MR) is 74.5 cm³/mol. The lowest BCUT2D eigenvalue weighted by atomic mass is 10.2. The number of rotatable bonds is 4. The molecule has 0 spiro atoms. The third-order valence-electron chi connectivity index (χ3n) is 2.66. The Morgan fingerprint density at radius 2 is 1.83 bits per heavy atom. The van der Waals surface area contributed by atoms with Gasteiger partial charge in [-0.05, 0) is 37.7 Å². The Morgan fingerprint density at radius 3 is 2.50 bits per heavy atom. The second kappa shape index (κ2) is 6.03. The van der Waals surface area contributed by atoms with E-state index in [9.17, 15) is 4.39 Å². The summed E-state index contributed by atoms with van der Waals surface area (Å²) in [4.78, 5) is 1.76. The van der Waals surface area contributed by atoms with Crippen molar-refractivity contribution < 1.29 is 4.39 Å². The van der Waals surface area contributed by atoms with Crippen LogP contribution in [0.3, 0.4) is 0 Å². The van der Waals surface area contributed by atoms with E-state index in [2.05, 4.69) is 5.32 Å². The lowest BCUT2D eigenvalue weighted by molar-refractivity contribution is 0.594. The summed E-state index contributed by atoms with van der Waals surface area (Å²) >= 11 is 1.47. The summed E-state index contributed by atoms with van der Waals surface area (Å²) in [5, 5.41) is 3.07. The minimum absolute atomic E-state index is 0.159. The van der Waals surface area contributed by atoms with E-state index in [0.29, 0.717) is 11.4 Å². The molecule has 94 valence electrons. The van der Waals surface area contributed by atoms with Gasteiger partial charge in [0, 0.05) is 11.4 Å². The lowest BCUT2D eigenvalue weighted by Gasteiger charge is -2.10. The number of nitrogens with one attached hydrogen (secondary N) is 1. The Morgan fingerprint density at radius 1 is 1.11 bits per heavy atom. The van der Waals surface area contributed by atoms with E-state index in [-0.39, 0.29) is 5.82 Å². The van der Waals surface area contributed by atoms with E-state index in [0.717, 1.165) is 10.5 Å². The number of hydrogen-bond acceptors (Lipinski definition) is 2. The smallest absolute Gasteiger partial charge is 0.137 e. The van der Waals surface area contributed by atoms with Crippen LogP contribution in [-0.4, -0.2) is 7.05 Å². The van der Waals surface area contributed by atoms with Crippen LogP contribution in [0.2, 0.25) is 0 Å². The van der Waals surface area contributed by atoms with Crippen LogP contribution in [-0.2, 0) is 6.54 Å². The second-order valence-corrected chi connectivity index (χ2v) is 5.26. The Balaban J connectivity index is 2.30. The van der Waals surface area contributed by atoms with E-state index >= 15 is 0 Å². The molecule has 0 radical (unpaired) electrons. The average molecular weight is 261 g/mol. The van der Waals surface area contributed by atoms with Gasteiger partial charge >= 0.3 is 0 Å². The SMILES string of the molecule is CNCc1cccc(F)c1Sc1ccc(C)cc1. The largest absolute Gasteiger partial charge is 0.316 e. The third-order valence-corrected chi connectivity index (χ3v) is 3.83. The zero-order valence-corrected chi connectivity index (χ0v) is 11.4. The van der Waals surface area contributed by atoms with Crippen molar-refractivity contribution in [2.24, 2.45) is 0 Å². The number of benzene rings is 2. The molecular formula is C15H16FNS. The van der Waals surface area contributed by atoms with Crippen molar-refractivity contribution in [3.8, 4) is 0 Å². The molecular weight excluding hydrogens is 245 g/mol. The first-order chi connectivity index (χ1) is 8.70. The van der Waals surface area contributed by atoms with Crippen molar-refractivity contribution in [3.63, 3.8) is 0 Å². The Kier molecular flexibility index (Phi) is 4.39. The maximum Gasteiger partial charge on any atom is 0.137 e. The normalized spacial score (nSPS) is 10.6. The first-order valence-electron chi connectivity index (χ1n) is 5.87. The highest BCUT2D eigenvalue weighted by molar-refractivity contribution is 7.99. The van der Waals surface area contributed by atoms with E-state index in [1.54, 1.807) is 6.07 Å². The van der Waals surface area contributed by atoms with Gasteiger partial charge in [-0.2, -0.15) is 0 Å². The van der Waals surface area contributed by atoms with Crippen molar-refractivity contribution in [3.05, 3.63) is 59.4 Å². The fourth-order valence-corrected chi connectivity index (χ4v) is 2.67. The molecule has 0 amide bonds. The lowest BCUT2D eigenvalue weighted by Crippen LogP contribution is -2.06. The Labute approximate surface area is 111 Å². The Bertz CT molecular complexity index is 523. The van der Waals surface area contributed by atoms with Crippen LogP contribution in [0.25, 0.3) is 0 Å². The summed E-state index contributed by atoms with van der Waals surface area (Å²) in [6.07, 6.45) is 0. The highest BCUT2D eigenvalue weighted by Crippen LogP contribution is 2.32. The monoisotopic (exact) mass is 261 g/mol. The van der Waals surface area contributed by atoms with Gasteiger partial charge in [0.25, 0.3) is 0 Å².